The number of hydrogen-bond donors (Lipinski definition) is 0. The van der Waals surface area contributed by atoms with E-state index in [1.807, 2.05) is 37.3 Å². The summed E-state index contributed by atoms with van der Waals surface area (Å²) in [6.45, 7) is 8.21. The van der Waals surface area contributed by atoms with Gasteiger partial charge in [0.15, 0.2) is 0 Å². The summed E-state index contributed by atoms with van der Waals surface area (Å²) in [4.78, 5) is 2.34. The molecule has 0 fully saturated rings. The van der Waals surface area contributed by atoms with Gasteiger partial charge in [0.1, 0.15) is 11.7 Å². The van der Waals surface area contributed by atoms with Crippen molar-refractivity contribution in [2.75, 3.05) is 13.1 Å². The smallest absolute Gasteiger partial charge is 0.143 e. The van der Waals surface area contributed by atoms with Crippen molar-refractivity contribution in [1.29, 1.82) is 10.5 Å². The Labute approximate surface area is 150 Å². The highest BCUT2D eigenvalue weighted by molar-refractivity contribution is 5.29. The Morgan fingerprint density at radius 2 is 2.00 bits per heavy atom. The van der Waals surface area contributed by atoms with E-state index < -0.39 is 5.92 Å². The maximum absolute atomic E-state index is 9.09. The van der Waals surface area contributed by atoms with E-state index in [9.17, 15) is 0 Å². The van der Waals surface area contributed by atoms with Crippen LogP contribution in [0.15, 0.2) is 59.7 Å². The summed E-state index contributed by atoms with van der Waals surface area (Å²) in [7, 11) is 0. The highest BCUT2D eigenvalue weighted by Crippen LogP contribution is 2.27. The summed E-state index contributed by atoms with van der Waals surface area (Å²) in [6, 6.07) is 4.08. The summed E-state index contributed by atoms with van der Waals surface area (Å²) in [5.74, 6) is 0.852. The third-order valence-electron chi connectivity index (χ3n) is 4.48. The minimum Gasteiger partial charge on any atom is -0.463 e. The van der Waals surface area contributed by atoms with Gasteiger partial charge < -0.3 is 9.64 Å². The molecule has 2 unspecified atom stereocenters. The molecule has 0 saturated carbocycles. The van der Waals surface area contributed by atoms with Crippen molar-refractivity contribution in [3.8, 4) is 12.1 Å². The largest absolute Gasteiger partial charge is 0.463 e. The number of likely N-dealkylation sites (N-methyl/N-ethyl adjacent to an activating group) is 1. The lowest BCUT2D eigenvalue weighted by molar-refractivity contribution is 0.301. The number of ether oxygens (including phenoxy) is 1. The van der Waals surface area contributed by atoms with Gasteiger partial charge in [-0.2, -0.15) is 10.5 Å². The van der Waals surface area contributed by atoms with Gasteiger partial charge in [-0.1, -0.05) is 18.2 Å². The van der Waals surface area contributed by atoms with Crippen molar-refractivity contribution in [2.45, 2.75) is 27.2 Å². The van der Waals surface area contributed by atoms with E-state index in [1.165, 1.54) is 5.70 Å². The van der Waals surface area contributed by atoms with Gasteiger partial charge in [0, 0.05) is 24.7 Å². The van der Waals surface area contributed by atoms with Crippen LogP contribution in [-0.4, -0.2) is 18.0 Å². The predicted octanol–water partition coefficient (Wildman–Crippen LogP) is 4.44. The van der Waals surface area contributed by atoms with Gasteiger partial charge in [0.25, 0.3) is 0 Å². The van der Waals surface area contributed by atoms with Crippen LogP contribution in [0.25, 0.3) is 0 Å². The van der Waals surface area contributed by atoms with Crippen molar-refractivity contribution < 1.29 is 4.74 Å². The zero-order valence-electron chi connectivity index (χ0n) is 15.1. The predicted molar refractivity (Wildman–Crippen MR) is 98.5 cm³/mol. The molecule has 2 atom stereocenters. The fourth-order valence-corrected chi connectivity index (χ4v) is 3.06. The maximum Gasteiger partial charge on any atom is 0.143 e. The molecular formula is C21H25N3O. The summed E-state index contributed by atoms with van der Waals surface area (Å²) < 4.78 is 5.71. The highest BCUT2D eigenvalue weighted by atomic mass is 16.5. The first-order chi connectivity index (χ1) is 12.1. The SMILES string of the molecule is CCN(CC)C1=CCC(/C=C/C2=CC(C(C#N)C#N)C=C(C)O2)C=C1. The minimum absolute atomic E-state index is 0.223. The zero-order valence-corrected chi connectivity index (χ0v) is 15.1. The molecule has 0 spiro atoms. The van der Waals surface area contributed by atoms with Crippen LogP contribution in [0.5, 0.6) is 0 Å². The van der Waals surface area contributed by atoms with E-state index in [0.717, 1.165) is 25.3 Å². The Morgan fingerprint density at radius 1 is 1.28 bits per heavy atom. The number of nitriles is 2. The molecule has 1 heterocycles. The molecule has 0 radical (unpaired) electrons. The first kappa shape index (κ1) is 18.6. The van der Waals surface area contributed by atoms with Crippen LogP contribution < -0.4 is 0 Å². The number of rotatable bonds is 6. The summed E-state index contributed by atoms with van der Waals surface area (Å²) in [5.41, 5.74) is 1.28. The van der Waals surface area contributed by atoms with E-state index in [0.29, 0.717) is 11.7 Å². The van der Waals surface area contributed by atoms with Crippen molar-refractivity contribution in [3.05, 3.63) is 59.7 Å². The molecule has 0 amide bonds. The van der Waals surface area contributed by atoms with Crippen LogP contribution in [0.2, 0.25) is 0 Å². The average molecular weight is 335 g/mol. The number of allylic oxidation sites excluding steroid dienone is 8. The Morgan fingerprint density at radius 3 is 2.56 bits per heavy atom. The molecule has 130 valence electrons. The van der Waals surface area contributed by atoms with E-state index >= 15 is 0 Å². The molecule has 1 aliphatic carbocycles. The van der Waals surface area contributed by atoms with Crippen molar-refractivity contribution >= 4 is 0 Å². The van der Waals surface area contributed by atoms with Gasteiger partial charge in [-0.25, -0.2) is 0 Å². The molecular weight excluding hydrogens is 310 g/mol. The summed E-state index contributed by atoms with van der Waals surface area (Å²) in [5, 5.41) is 18.2. The summed E-state index contributed by atoms with van der Waals surface area (Å²) >= 11 is 0. The standard InChI is InChI=1S/C21H25N3O/c1-4-24(5-2)20-9-6-17(7-10-20)8-11-21-13-18(12-16(3)25-21)19(14-22)15-23/h6,8-13,17-19H,4-5,7H2,1-3H3/b11-8+. The molecule has 4 nitrogen and oxygen atoms in total. The van der Waals surface area contributed by atoms with Crippen molar-refractivity contribution in [1.82, 2.24) is 4.90 Å². The van der Waals surface area contributed by atoms with E-state index in [4.69, 9.17) is 15.3 Å². The molecule has 0 aromatic rings. The fourth-order valence-electron chi connectivity index (χ4n) is 3.06. The van der Waals surface area contributed by atoms with Crippen LogP contribution in [0.4, 0.5) is 0 Å². The van der Waals surface area contributed by atoms with Gasteiger partial charge in [0.05, 0.1) is 17.9 Å². The van der Waals surface area contributed by atoms with Gasteiger partial charge in [-0.15, -0.1) is 0 Å². The number of nitrogens with zero attached hydrogens (tertiary/aromatic N) is 3. The zero-order chi connectivity index (χ0) is 18.2. The van der Waals surface area contributed by atoms with E-state index in [-0.39, 0.29) is 5.92 Å². The second-order valence-electron chi connectivity index (χ2n) is 6.18. The lowest BCUT2D eigenvalue weighted by Gasteiger charge is -2.25. The topological polar surface area (TPSA) is 60.0 Å². The Kier molecular flexibility index (Phi) is 6.66. The molecule has 25 heavy (non-hydrogen) atoms. The minimum atomic E-state index is -0.684. The second-order valence-corrected chi connectivity index (χ2v) is 6.18. The van der Waals surface area contributed by atoms with Gasteiger partial charge in [0.2, 0.25) is 0 Å². The van der Waals surface area contributed by atoms with Crippen LogP contribution in [0, 0.1) is 40.4 Å². The molecule has 0 bridgehead atoms. The van der Waals surface area contributed by atoms with Crippen LogP contribution in [0.1, 0.15) is 27.2 Å². The van der Waals surface area contributed by atoms with Crippen LogP contribution in [0.3, 0.4) is 0 Å². The first-order valence-electron chi connectivity index (χ1n) is 8.80. The first-order valence-corrected chi connectivity index (χ1v) is 8.80. The molecule has 4 heteroatoms. The van der Waals surface area contributed by atoms with Crippen molar-refractivity contribution in [3.63, 3.8) is 0 Å². The Bertz CT molecular complexity index is 694. The fraction of sp³-hybridized carbons (Fsp3) is 0.429. The van der Waals surface area contributed by atoms with Crippen LogP contribution >= 0.6 is 0 Å². The molecule has 0 N–H and O–H groups in total. The van der Waals surface area contributed by atoms with Crippen molar-refractivity contribution in [2.24, 2.45) is 17.8 Å². The number of hydrogen-bond acceptors (Lipinski definition) is 4. The van der Waals surface area contributed by atoms with Gasteiger partial charge in [-0.05, 0) is 57.4 Å². The lowest BCUT2D eigenvalue weighted by atomic mass is 9.91. The Hall–Kier alpha value is -2.72. The van der Waals surface area contributed by atoms with E-state index in [1.54, 1.807) is 0 Å². The van der Waals surface area contributed by atoms with E-state index in [2.05, 4.69) is 43.1 Å². The molecule has 1 aliphatic heterocycles. The lowest BCUT2D eigenvalue weighted by Crippen LogP contribution is -2.22. The van der Waals surface area contributed by atoms with Gasteiger partial charge >= 0.3 is 0 Å². The quantitative estimate of drug-likeness (QED) is 0.720. The monoisotopic (exact) mass is 335 g/mol. The maximum atomic E-state index is 9.09. The summed E-state index contributed by atoms with van der Waals surface area (Å²) in [6.07, 6.45) is 15.4. The third kappa shape index (κ3) is 4.88. The molecule has 2 aliphatic rings. The highest BCUT2D eigenvalue weighted by Gasteiger charge is 2.21. The molecule has 2 rings (SSSR count). The molecule has 0 aromatic heterocycles. The molecule has 0 aromatic carbocycles. The van der Waals surface area contributed by atoms with Gasteiger partial charge in [-0.3, -0.25) is 0 Å². The third-order valence-corrected chi connectivity index (χ3v) is 4.48. The van der Waals surface area contributed by atoms with Crippen LogP contribution in [-0.2, 0) is 4.74 Å². The normalized spacial score (nSPS) is 22.6. The Balaban J connectivity index is 2.02. The second kappa shape index (κ2) is 8.94. The molecule has 0 saturated heterocycles. The average Bonchev–Trinajstić information content (AvgIpc) is 2.63.